The lowest BCUT2D eigenvalue weighted by molar-refractivity contribution is 0.388. The lowest BCUT2D eigenvalue weighted by Gasteiger charge is -2.13. The number of aliphatic imine (C=N–C) groups is 1. The maximum atomic E-state index is 9.36. The molecule has 0 fully saturated rings. The SMILES string of the molecule is C=N/C(=C/C)C(C/C(O)=C\C)SC. The normalized spacial score (nSPS) is 15.6. The number of aliphatic hydroxyl groups is 1. The average molecular weight is 199 g/mol. The van der Waals surface area contributed by atoms with Crippen LogP contribution in [0.5, 0.6) is 0 Å². The van der Waals surface area contributed by atoms with Crippen LogP contribution in [0, 0.1) is 0 Å². The van der Waals surface area contributed by atoms with E-state index in [0.717, 1.165) is 5.70 Å². The molecule has 1 unspecified atom stereocenters. The molecule has 0 saturated heterocycles. The summed E-state index contributed by atoms with van der Waals surface area (Å²) in [6.07, 6.45) is 6.26. The highest BCUT2D eigenvalue weighted by atomic mass is 32.2. The zero-order valence-corrected chi connectivity index (χ0v) is 9.27. The van der Waals surface area contributed by atoms with Gasteiger partial charge in [-0.15, -0.1) is 0 Å². The lowest BCUT2D eigenvalue weighted by Crippen LogP contribution is -2.05. The van der Waals surface area contributed by atoms with Gasteiger partial charge in [-0.3, -0.25) is 4.99 Å². The quantitative estimate of drug-likeness (QED) is 0.545. The van der Waals surface area contributed by atoms with E-state index in [1.54, 1.807) is 17.8 Å². The van der Waals surface area contributed by atoms with Crippen LogP contribution in [0.1, 0.15) is 20.3 Å². The molecule has 2 nitrogen and oxygen atoms in total. The molecule has 0 aromatic rings. The van der Waals surface area contributed by atoms with Crippen molar-refractivity contribution in [2.45, 2.75) is 25.5 Å². The Balaban J connectivity index is 4.42. The van der Waals surface area contributed by atoms with Gasteiger partial charge in [-0.1, -0.05) is 6.08 Å². The third-order valence-electron chi connectivity index (χ3n) is 1.82. The van der Waals surface area contributed by atoms with Crippen molar-refractivity contribution in [1.29, 1.82) is 0 Å². The van der Waals surface area contributed by atoms with Crippen LogP contribution in [-0.4, -0.2) is 23.3 Å². The summed E-state index contributed by atoms with van der Waals surface area (Å²) in [5.74, 6) is 0.405. The van der Waals surface area contributed by atoms with E-state index in [1.807, 2.05) is 26.2 Å². The molecule has 0 aromatic carbocycles. The van der Waals surface area contributed by atoms with E-state index in [9.17, 15) is 5.11 Å². The van der Waals surface area contributed by atoms with E-state index in [4.69, 9.17) is 0 Å². The fourth-order valence-corrected chi connectivity index (χ4v) is 1.78. The van der Waals surface area contributed by atoms with Gasteiger partial charge in [-0.2, -0.15) is 11.8 Å². The minimum Gasteiger partial charge on any atom is -0.513 e. The summed E-state index contributed by atoms with van der Waals surface area (Å²) in [6, 6.07) is 0. The van der Waals surface area contributed by atoms with Gasteiger partial charge >= 0.3 is 0 Å². The van der Waals surface area contributed by atoms with Gasteiger partial charge in [0.2, 0.25) is 0 Å². The van der Waals surface area contributed by atoms with Crippen LogP contribution in [-0.2, 0) is 0 Å². The minimum atomic E-state index is 0.207. The Kier molecular flexibility index (Phi) is 6.41. The maximum absolute atomic E-state index is 9.36. The molecule has 0 bridgehead atoms. The number of nitrogens with zero attached hydrogens (tertiary/aromatic N) is 1. The van der Waals surface area contributed by atoms with Crippen molar-refractivity contribution in [3.63, 3.8) is 0 Å². The first-order chi connectivity index (χ1) is 6.19. The molecule has 74 valence electrons. The molecule has 1 atom stereocenters. The molecule has 0 aromatic heterocycles. The second kappa shape index (κ2) is 6.78. The van der Waals surface area contributed by atoms with E-state index in [2.05, 4.69) is 11.7 Å². The van der Waals surface area contributed by atoms with Gasteiger partial charge in [0.1, 0.15) is 0 Å². The molecule has 1 N–H and O–H groups in total. The van der Waals surface area contributed by atoms with Crippen LogP contribution < -0.4 is 0 Å². The molecule has 0 aliphatic carbocycles. The summed E-state index contributed by atoms with van der Waals surface area (Å²) in [6.45, 7) is 7.25. The summed E-state index contributed by atoms with van der Waals surface area (Å²) in [5, 5.41) is 9.56. The molecule has 0 aliphatic rings. The number of aliphatic hydroxyl groups excluding tert-OH is 1. The maximum Gasteiger partial charge on any atom is 0.0895 e. The Labute approximate surface area is 84.5 Å². The van der Waals surface area contributed by atoms with Gasteiger partial charge in [0.05, 0.1) is 11.0 Å². The van der Waals surface area contributed by atoms with Crippen LogP contribution in [0.2, 0.25) is 0 Å². The second-order valence-electron chi connectivity index (χ2n) is 2.58. The topological polar surface area (TPSA) is 32.6 Å². The highest BCUT2D eigenvalue weighted by molar-refractivity contribution is 7.99. The first-order valence-corrected chi connectivity index (χ1v) is 5.48. The Hall–Kier alpha value is -0.700. The summed E-state index contributed by atoms with van der Waals surface area (Å²) in [7, 11) is 0. The first-order valence-electron chi connectivity index (χ1n) is 4.19. The molecule has 13 heavy (non-hydrogen) atoms. The van der Waals surface area contributed by atoms with E-state index in [0.29, 0.717) is 12.2 Å². The fraction of sp³-hybridized carbons (Fsp3) is 0.500. The van der Waals surface area contributed by atoms with E-state index in [1.165, 1.54) is 0 Å². The van der Waals surface area contributed by atoms with E-state index in [-0.39, 0.29) is 5.25 Å². The van der Waals surface area contributed by atoms with Gasteiger partial charge in [0.25, 0.3) is 0 Å². The highest BCUT2D eigenvalue weighted by Crippen LogP contribution is 2.23. The molecule has 0 heterocycles. The van der Waals surface area contributed by atoms with Crippen molar-refractivity contribution in [2.75, 3.05) is 6.26 Å². The Morgan fingerprint density at radius 1 is 1.54 bits per heavy atom. The standard InChI is InChI=1S/C10H17NOS/c1-5-8(12)7-10(13-4)9(6-2)11-3/h5-6,10,12H,3,7H2,1-2,4H3/b8-5+,9-6+. The first kappa shape index (κ1) is 12.3. The zero-order chi connectivity index (χ0) is 10.3. The van der Waals surface area contributed by atoms with Crippen molar-refractivity contribution in [3.8, 4) is 0 Å². The summed E-state index contributed by atoms with van der Waals surface area (Å²) in [5.41, 5.74) is 0.931. The average Bonchev–Trinajstić information content (AvgIpc) is 2.17. The van der Waals surface area contributed by atoms with Gasteiger partial charge in [0.15, 0.2) is 0 Å². The molecule has 0 amide bonds. The lowest BCUT2D eigenvalue weighted by atomic mass is 10.2. The molecule has 0 saturated carbocycles. The molecular weight excluding hydrogens is 182 g/mol. The summed E-state index contributed by atoms with van der Waals surface area (Å²) >= 11 is 1.67. The fourth-order valence-electron chi connectivity index (χ4n) is 0.995. The van der Waals surface area contributed by atoms with Crippen LogP contribution in [0.3, 0.4) is 0 Å². The third-order valence-corrected chi connectivity index (χ3v) is 2.80. The Bertz CT molecular complexity index is 221. The molecule has 0 rings (SSSR count). The Morgan fingerprint density at radius 2 is 2.15 bits per heavy atom. The van der Waals surface area contributed by atoms with Crippen molar-refractivity contribution >= 4 is 18.5 Å². The van der Waals surface area contributed by atoms with Gasteiger partial charge < -0.3 is 5.11 Å². The number of thioether (sulfide) groups is 1. The van der Waals surface area contributed by atoms with Crippen LogP contribution in [0.4, 0.5) is 0 Å². The monoisotopic (exact) mass is 199 g/mol. The van der Waals surface area contributed by atoms with E-state index < -0.39 is 0 Å². The van der Waals surface area contributed by atoms with Crippen molar-refractivity contribution in [2.24, 2.45) is 4.99 Å². The molecular formula is C10H17NOS. The van der Waals surface area contributed by atoms with Crippen LogP contribution in [0.15, 0.2) is 28.6 Å². The van der Waals surface area contributed by atoms with Gasteiger partial charge in [0, 0.05) is 12.1 Å². The number of allylic oxidation sites excluding steroid dienone is 3. The van der Waals surface area contributed by atoms with Crippen LogP contribution in [0.25, 0.3) is 0 Å². The molecule has 3 heteroatoms. The molecule has 0 aliphatic heterocycles. The third kappa shape index (κ3) is 4.18. The van der Waals surface area contributed by atoms with E-state index >= 15 is 0 Å². The largest absolute Gasteiger partial charge is 0.513 e. The smallest absolute Gasteiger partial charge is 0.0895 e. The van der Waals surface area contributed by atoms with Gasteiger partial charge in [-0.25, -0.2) is 0 Å². The molecule has 0 spiro atoms. The highest BCUT2D eigenvalue weighted by Gasteiger charge is 2.12. The predicted octanol–water partition coefficient (Wildman–Crippen LogP) is 3.17. The predicted molar refractivity (Wildman–Crippen MR) is 61.6 cm³/mol. The molecule has 0 radical (unpaired) electrons. The van der Waals surface area contributed by atoms with Gasteiger partial charge in [-0.05, 0) is 32.9 Å². The van der Waals surface area contributed by atoms with Crippen LogP contribution >= 0.6 is 11.8 Å². The summed E-state index contributed by atoms with van der Waals surface area (Å²) in [4.78, 5) is 3.92. The van der Waals surface area contributed by atoms with Crippen molar-refractivity contribution < 1.29 is 5.11 Å². The van der Waals surface area contributed by atoms with Crippen molar-refractivity contribution in [1.82, 2.24) is 0 Å². The second-order valence-corrected chi connectivity index (χ2v) is 3.62. The summed E-state index contributed by atoms with van der Waals surface area (Å²) < 4.78 is 0. The number of rotatable bonds is 5. The van der Waals surface area contributed by atoms with Crippen molar-refractivity contribution in [3.05, 3.63) is 23.6 Å². The Morgan fingerprint density at radius 3 is 2.46 bits per heavy atom. The number of hydrogen-bond acceptors (Lipinski definition) is 3. The number of hydrogen-bond donors (Lipinski definition) is 1. The zero-order valence-electron chi connectivity index (χ0n) is 8.45. The minimum absolute atomic E-state index is 0.207.